The molecule has 0 aliphatic rings. The molecule has 0 saturated carbocycles. The first-order chi connectivity index (χ1) is 7.13. The zero-order valence-electron chi connectivity index (χ0n) is 8.60. The van der Waals surface area contributed by atoms with Crippen LogP contribution in [0.5, 0.6) is 0 Å². The highest BCUT2D eigenvalue weighted by Gasteiger charge is 2.11. The molecule has 1 rings (SSSR count). The fraction of sp³-hybridized carbons (Fsp3) is 0.500. The number of carbonyl (C=O) groups is 1. The largest absolute Gasteiger partial charge is 0.480 e. The first kappa shape index (κ1) is 12.5. The molecule has 0 radical (unpaired) electrons. The SMILES string of the molecule is CCc1ccc(CSC[C@@H](N)C(=O)O)s1. The molecule has 0 spiro atoms. The van der Waals surface area contributed by atoms with Crippen molar-refractivity contribution in [1.82, 2.24) is 0 Å². The summed E-state index contributed by atoms with van der Waals surface area (Å²) in [4.78, 5) is 13.1. The molecule has 0 aliphatic heterocycles. The van der Waals surface area contributed by atoms with Crippen LogP contribution >= 0.6 is 23.1 Å². The standard InChI is InChI=1S/C10H15NO2S2/c1-2-7-3-4-8(15-7)5-14-6-9(11)10(12)13/h3-4,9H,2,5-6,11H2,1H3,(H,12,13)/t9-/m1/s1. The maximum Gasteiger partial charge on any atom is 0.321 e. The average molecular weight is 245 g/mol. The van der Waals surface area contributed by atoms with Gasteiger partial charge in [0.25, 0.3) is 0 Å². The van der Waals surface area contributed by atoms with Crippen molar-refractivity contribution in [1.29, 1.82) is 0 Å². The number of nitrogens with two attached hydrogens (primary N) is 1. The van der Waals surface area contributed by atoms with E-state index in [1.165, 1.54) is 9.75 Å². The van der Waals surface area contributed by atoms with Gasteiger partial charge in [-0.25, -0.2) is 0 Å². The zero-order valence-corrected chi connectivity index (χ0v) is 10.2. The summed E-state index contributed by atoms with van der Waals surface area (Å²) in [6.07, 6.45) is 1.06. The monoisotopic (exact) mass is 245 g/mol. The predicted octanol–water partition coefficient (Wildman–Crippen LogP) is 1.96. The van der Waals surface area contributed by atoms with Crippen molar-refractivity contribution in [3.8, 4) is 0 Å². The van der Waals surface area contributed by atoms with Gasteiger partial charge in [-0.15, -0.1) is 11.3 Å². The van der Waals surface area contributed by atoms with Gasteiger partial charge < -0.3 is 10.8 Å². The summed E-state index contributed by atoms with van der Waals surface area (Å²) in [5, 5.41) is 8.59. The molecule has 0 saturated heterocycles. The van der Waals surface area contributed by atoms with Crippen molar-refractivity contribution in [2.45, 2.75) is 25.1 Å². The summed E-state index contributed by atoms with van der Waals surface area (Å²) in [5.41, 5.74) is 5.40. The van der Waals surface area contributed by atoms with Crippen LogP contribution in [0, 0.1) is 0 Å². The third-order valence-corrected chi connectivity index (χ3v) is 4.45. The van der Waals surface area contributed by atoms with E-state index in [4.69, 9.17) is 10.8 Å². The van der Waals surface area contributed by atoms with E-state index in [2.05, 4.69) is 19.1 Å². The minimum absolute atomic E-state index is 0.467. The second-order valence-corrected chi connectivity index (χ2v) is 5.46. The first-order valence-corrected chi connectivity index (χ1v) is 6.74. The van der Waals surface area contributed by atoms with Crippen LogP contribution in [0.2, 0.25) is 0 Å². The molecule has 1 aromatic heterocycles. The second kappa shape index (κ2) is 6.15. The maximum atomic E-state index is 10.5. The number of carboxylic acids is 1. The molecular weight excluding hydrogens is 230 g/mol. The molecule has 0 bridgehead atoms. The lowest BCUT2D eigenvalue weighted by Gasteiger charge is -2.04. The minimum atomic E-state index is -0.928. The van der Waals surface area contributed by atoms with E-state index >= 15 is 0 Å². The highest BCUT2D eigenvalue weighted by molar-refractivity contribution is 7.98. The Morgan fingerprint density at radius 1 is 1.60 bits per heavy atom. The summed E-state index contributed by atoms with van der Waals surface area (Å²) in [6, 6.07) is 3.47. The van der Waals surface area contributed by atoms with Gasteiger partial charge in [-0.3, -0.25) is 4.79 Å². The Kier molecular flexibility index (Phi) is 5.14. The van der Waals surface area contributed by atoms with Crippen molar-refractivity contribution in [2.24, 2.45) is 5.73 Å². The van der Waals surface area contributed by atoms with Gasteiger partial charge in [0.05, 0.1) is 0 Å². The minimum Gasteiger partial charge on any atom is -0.480 e. The molecular formula is C10H15NO2S2. The third-order valence-electron chi connectivity index (χ3n) is 1.92. The maximum absolute atomic E-state index is 10.5. The fourth-order valence-electron chi connectivity index (χ4n) is 1.05. The van der Waals surface area contributed by atoms with Gasteiger partial charge in [0.2, 0.25) is 0 Å². The lowest BCUT2D eigenvalue weighted by atomic mass is 10.4. The Balaban J connectivity index is 2.28. The highest BCUT2D eigenvalue weighted by Crippen LogP contribution is 2.22. The number of carboxylic acid groups (broad SMARTS) is 1. The van der Waals surface area contributed by atoms with Gasteiger partial charge in [-0.05, 0) is 18.6 Å². The summed E-state index contributed by atoms with van der Waals surface area (Å²) >= 11 is 3.36. The van der Waals surface area contributed by atoms with Gasteiger partial charge >= 0.3 is 5.97 Å². The summed E-state index contributed by atoms with van der Waals surface area (Å²) < 4.78 is 0. The van der Waals surface area contributed by atoms with Gasteiger partial charge in [0.1, 0.15) is 6.04 Å². The molecule has 0 unspecified atom stereocenters. The van der Waals surface area contributed by atoms with E-state index in [1.807, 2.05) is 0 Å². The van der Waals surface area contributed by atoms with Gasteiger partial charge in [0.15, 0.2) is 0 Å². The topological polar surface area (TPSA) is 63.3 Å². The van der Waals surface area contributed by atoms with E-state index in [0.29, 0.717) is 5.75 Å². The molecule has 1 aromatic rings. The van der Waals surface area contributed by atoms with E-state index < -0.39 is 12.0 Å². The molecule has 3 N–H and O–H groups in total. The molecule has 0 fully saturated rings. The van der Waals surface area contributed by atoms with E-state index in [0.717, 1.165) is 12.2 Å². The summed E-state index contributed by atoms with van der Waals surface area (Å²) in [5.74, 6) is 0.392. The van der Waals surface area contributed by atoms with Crippen LogP contribution in [0.4, 0.5) is 0 Å². The number of thioether (sulfide) groups is 1. The number of hydrogen-bond donors (Lipinski definition) is 2. The smallest absolute Gasteiger partial charge is 0.321 e. The van der Waals surface area contributed by atoms with Crippen LogP contribution < -0.4 is 5.73 Å². The van der Waals surface area contributed by atoms with Crippen LogP contribution in [-0.2, 0) is 17.0 Å². The molecule has 84 valence electrons. The van der Waals surface area contributed by atoms with Crippen LogP contribution in [-0.4, -0.2) is 22.9 Å². The molecule has 0 amide bonds. The Bertz CT molecular complexity index is 325. The van der Waals surface area contributed by atoms with Crippen molar-refractivity contribution < 1.29 is 9.90 Å². The van der Waals surface area contributed by atoms with Crippen molar-refractivity contribution in [2.75, 3.05) is 5.75 Å². The lowest BCUT2D eigenvalue weighted by Crippen LogP contribution is -2.32. The fourth-order valence-corrected chi connectivity index (χ4v) is 3.10. The Morgan fingerprint density at radius 3 is 2.80 bits per heavy atom. The molecule has 1 atom stereocenters. The van der Waals surface area contributed by atoms with E-state index in [1.54, 1.807) is 23.1 Å². The van der Waals surface area contributed by atoms with Crippen molar-refractivity contribution in [3.05, 3.63) is 21.9 Å². The van der Waals surface area contributed by atoms with E-state index in [-0.39, 0.29) is 0 Å². The van der Waals surface area contributed by atoms with Gasteiger partial charge in [-0.1, -0.05) is 6.92 Å². The molecule has 5 heteroatoms. The Morgan fingerprint density at radius 2 is 2.27 bits per heavy atom. The van der Waals surface area contributed by atoms with E-state index in [9.17, 15) is 4.79 Å². The summed E-state index contributed by atoms with van der Waals surface area (Å²) in [7, 11) is 0. The number of aliphatic carboxylic acids is 1. The van der Waals surface area contributed by atoms with Crippen LogP contribution in [0.3, 0.4) is 0 Å². The van der Waals surface area contributed by atoms with Gasteiger partial charge in [-0.2, -0.15) is 11.8 Å². The number of aryl methyl sites for hydroxylation is 1. The number of rotatable bonds is 6. The lowest BCUT2D eigenvalue weighted by molar-refractivity contribution is -0.137. The molecule has 0 aromatic carbocycles. The summed E-state index contributed by atoms with van der Waals surface area (Å²) in [6.45, 7) is 2.13. The van der Waals surface area contributed by atoms with Crippen LogP contribution in [0.25, 0.3) is 0 Å². The Labute approximate surface area is 97.7 Å². The highest BCUT2D eigenvalue weighted by atomic mass is 32.2. The molecule has 3 nitrogen and oxygen atoms in total. The molecule has 1 heterocycles. The van der Waals surface area contributed by atoms with Crippen LogP contribution in [0.1, 0.15) is 16.7 Å². The number of hydrogen-bond acceptors (Lipinski definition) is 4. The van der Waals surface area contributed by atoms with Crippen LogP contribution in [0.15, 0.2) is 12.1 Å². The second-order valence-electron chi connectivity index (χ2n) is 3.18. The average Bonchev–Trinajstić information content (AvgIpc) is 2.65. The zero-order chi connectivity index (χ0) is 11.3. The van der Waals surface area contributed by atoms with Crippen molar-refractivity contribution in [3.63, 3.8) is 0 Å². The van der Waals surface area contributed by atoms with Gasteiger partial charge in [0, 0.05) is 21.3 Å². The molecule has 0 aliphatic carbocycles. The normalized spacial score (nSPS) is 12.7. The predicted molar refractivity (Wildman–Crippen MR) is 65.5 cm³/mol. The number of thiophene rings is 1. The third kappa shape index (κ3) is 4.24. The van der Waals surface area contributed by atoms with Crippen molar-refractivity contribution >= 4 is 29.1 Å². The Hall–Kier alpha value is -0.520. The molecule has 15 heavy (non-hydrogen) atoms. The first-order valence-electron chi connectivity index (χ1n) is 4.77. The quantitative estimate of drug-likeness (QED) is 0.804.